The number of nitrogens with zero attached hydrogens (tertiary/aromatic N) is 5. The van der Waals surface area contributed by atoms with Gasteiger partial charge in [0.15, 0.2) is 0 Å². The first-order valence-electron chi connectivity index (χ1n) is 7.23. The van der Waals surface area contributed by atoms with Gasteiger partial charge in [-0.25, -0.2) is 14.1 Å². The molecule has 10 heteroatoms. The summed E-state index contributed by atoms with van der Waals surface area (Å²) in [6, 6.07) is 4.14. The van der Waals surface area contributed by atoms with Crippen molar-refractivity contribution >= 4 is 39.4 Å². The minimum atomic E-state index is -0.402. The number of halogens is 3. The van der Waals surface area contributed by atoms with Crippen LogP contribution < -0.4 is 5.32 Å². The molecule has 25 heavy (non-hydrogen) atoms. The largest absolute Gasteiger partial charge is 0.292 e. The molecular weight excluding hydrogens is 415 g/mol. The van der Waals surface area contributed by atoms with Crippen LogP contribution in [0.2, 0.25) is 5.02 Å². The van der Waals surface area contributed by atoms with Crippen LogP contribution in [0.1, 0.15) is 11.3 Å². The van der Waals surface area contributed by atoms with E-state index < -0.39 is 5.82 Å². The van der Waals surface area contributed by atoms with E-state index in [1.165, 1.54) is 27.8 Å². The summed E-state index contributed by atoms with van der Waals surface area (Å²) in [7, 11) is 0. The van der Waals surface area contributed by atoms with Gasteiger partial charge in [0.2, 0.25) is 11.9 Å². The second-order valence-electron chi connectivity index (χ2n) is 5.31. The van der Waals surface area contributed by atoms with Gasteiger partial charge in [-0.2, -0.15) is 5.10 Å². The smallest absolute Gasteiger partial charge is 0.248 e. The molecule has 0 fully saturated rings. The van der Waals surface area contributed by atoms with Gasteiger partial charge in [-0.3, -0.25) is 14.8 Å². The van der Waals surface area contributed by atoms with Crippen LogP contribution in [0.5, 0.6) is 0 Å². The maximum atomic E-state index is 13.1. The van der Waals surface area contributed by atoms with E-state index in [0.29, 0.717) is 17.1 Å². The third-order valence-corrected chi connectivity index (χ3v) is 4.46. The first kappa shape index (κ1) is 17.6. The summed E-state index contributed by atoms with van der Waals surface area (Å²) < 4.78 is 16.9. The van der Waals surface area contributed by atoms with E-state index in [1.54, 1.807) is 12.3 Å². The third-order valence-electron chi connectivity index (χ3n) is 3.33. The lowest BCUT2D eigenvalue weighted by molar-refractivity contribution is -0.116. The number of hydrogen-bond donors (Lipinski definition) is 1. The Labute approximate surface area is 155 Å². The van der Waals surface area contributed by atoms with Crippen LogP contribution in [-0.4, -0.2) is 30.5 Å². The maximum Gasteiger partial charge on any atom is 0.248 e. The molecule has 1 N–H and O–H groups in total. The van der Waals surface area contributed by atoms with Crippen LogP contribution in [-0.2, 0) is 17.9 Å². The molecule has 0 radical (unpaired) electrons. The quantitative estimate of drug-likeness (QED) is 0.679. The SMILES string of the molecule is Cc1nn(CC(=O)Nc2ncn(Cc3ccc(F)cc3Cl)n2)cc1Br. The van der Waals surface area contributed by atoms with Crippen LogP contribution in [0.4, 0.5) is 10.3 Å². The number of carbonyl (C=O) groups is 1. The molecule has 1 aromatic carbocycles. The van der Waals surface area contributed by atoms with Crippen molar-refractivity contribution in [2.24, 2.45) is 0 Å². The number of benzene rings is 1. The molecule has 3 aromatic rings. The Morgan fingerprint density at radius 2 is 2.16 bits per heavy atom. The van der Waals surface area contributed by atoms with E-state index >= 15 is 0 Å². The number of aromatic nitrogens is 5. The lowest BCUT2D eigenvalue weighted by Gasteiger charge is -2.04. The van der Waals surface area contributed by atoms with Gasteiger partial charge in [0.25, 0.3) is 0 Å². The minimum absolute atomic E-state index is 0.0464. The molecule has 0 aliphatic carbocycles. The Balaban J connectivity index is 1.62. The summed E-state index contributed by atoms with van der Waals surface area (Å²) in [6.07, 6.45) is 3.18. The van der Waals surface area contributed by atoms with Crippen LogP contribution in [0.15, 0.2) is 35.2 Å². The summed E-state index contributed by atoms with van der Waals surface area (Å²) >= 11 is 9.33. The number of anilines is 1. The number of amides is 1. The van der Waals surface area contributed by atoms with Gasteiger partial charge < -0.3 is 0 Å². The average molecular weight is 428 g/mol. The van der Waals surface area contributed by atoms with Gasteiger partial charge in [-0.15, -0.1) is 5.10 Å². The van der Waals surface area contributed by atoms with Crippen molar-refractivity contribution in [1.82, 2.24) is 24.5 Å². The van der Waals surface area contributed by atoms with E-state index in [2.05, 4.69) is 36.4 Å². The predicted octanol–water partition coefficient (Wildman–Crippen LogP) is 3.03. The Bertz CT molecular complexity index is 905. The third kappa shape index (κ3) is 4.43. The molecule has 0 atom stereocenters. The van der Waals surface area contributed by atoms with Gasteiger partial charge in [0, 0.05) is 11.2 Å². The molecule has 0 saturated heterocycles. The van der Waals surface area contributed by atoms with E-state index in [9.17, 15) is 9.18 Å². The molecule has 0 unspecified atom stereocenters. The number of rotatable bonds is 5. The van der Waals surface area contributed by atoms with Crippen LogP contribution in [0.3, 0.4) is 0 Å². The highest BCUT2D eigenvalue weighted by molar-refractivity contribution is 9.10. The topological polar surface area (TPSA) is 77.6 Å². The van der Waals surface area contributed by atoms with Crippen molar-refractivity contribution in [3.05, 3.63) is 57.3 Å². The molecule has 1 amide bonds. The van der Waals surface area contributed by atoms with Crippen LogP contribution in [0.25, 0.3) is 0 Å². The second kappa shape index (κ2) is 7.32. The van der Waals surface area contributed by atoms with Gasteiger partial charge >= 0.3 is 0 Å². The maximum absolute atomic E-state index is 13.1. The normalized spacial score (nSPS) is 10.9. The van der Waals surface area contributed by atoms with Crippen molar-refractivity contribution in [2.75, 3.05) is 5.32 Å². The summed E-state index contributed by atoms with van der Waals surface area (Å²) in [5.41, 5.74) is 1.49. The average Bonchev–Trinajstić information content (AvgIpc) is 3.09. The fraction of sp³-hybridized carbons (Fsp3) is 0.200. The summed E-state index contributed by atoms with van der Waals surface area (Å²) in [6.45, 7) is 2.19. The summed E-state index contributed by atoms with van der Waals surface area (Å²) in [5, 5.41) is 11.2. The first-order valence-corrected chi connectivity index (χ1v) is 8.40. The lowest BCUT2D eigenvalue weighted by atomic mass is 10.2. The molecule has 2 heterocycles. The molecule has 0 spiro atoms. The van der Waals surface area contributed by atoms with Crippen molar-refractivity contribution < 1.29 is 9.18 Å². The number of aryl methyl sites for hydroxylation is 1. The van der Waals surface area contributed by atoms with Crippen molar-refractivity contribution in [3.8, 4) is 0 Å². The number of hydrogen-bond acceptors (Lipinski definition) is 4. The van der Waals surface area contributed by atoms with Gasteiger partial charge in [0.05, 0.1) is 16.7 Å². The Kier molecular flexibility index (Phi) is 5.14. The van der Waals surface area contributed by atoms with E-state index in [4.69, 9.17) is 11.6 Å². The number of carbonyl (C=O) groups excluding carboxylic acids is 1. The Morgan fingerprint density at radius 3 is 2.84 bits per heavy atom. The molecule has 2 aromatic heterocycles. The zero-order valence-electron chi connectivity index (χ0n) is 13.1. The molecule has 0 aliphatic rings. The minimum Gasteiger partial charge on any atom is -0.292 e. The first-order chi connectivity index (χ1) is 11.9. The molecule has 7 nitrogen and oxygen atoms in total. The highest BCUT2D eigenvalue weighted by Crippen LogP contribution is 2.18. The molecule has 0 aliphatic heterocycles. The monoisotopic (exact) mass is 426 g/mol. The Hall–Kier alpha value is -2.26. The zero-order valence-corrected chi connectivity index (χ0v) is 15.4. The molecule has 0 bridgehead atoms. The van der Waals surface area contributed by atoms with E-state index in [0.717, 1.165) is 10.2 Å². The van der Waals surface area contributed by atoms with Crippen molar-refractivity contribution in [2.45, 2.75) is 20.0 Å². The van der Waals surface area contributed by atoms with Crippen molar-refractivity contribution in [3.63, 3.8) is 0 Å². The second-order valence-corrected chi connectivity index (χ2v) is 6.57. The zero-order chi connectivity index (χ0) is 18.0. The highest BCUT2D eigenvalue weighted by Gasteiger charge is 2.10. The standard InChI is InChI=1S/C15H13BrClFN6O/c1-9-12(16)6-23(21-9)7-14(25)20-15-19-8-24(22-15)5-10-2-3-11(18)4-13(10)17/h2-4,6,8H,5,7H2,1H3,(H,20,22,25). The van der Waals surface area contributed by atoms with Gasteiger partial charge in [-0.1, -0.05) is 17.7 Å². The fourth-order valence-corrected chi connectivity index (χ4v) is 2.68. The summed E-state index contributed by atoms with van der Waals surface area (Å²) in [4.78, 5) is 16.1. The van der Waals surface area contributed by atoms with Crippen LogP contribution in [0, 0.1) is 12.7 Å². The van der Waals surface area contributed by atoms with Gasteiger partial charge in [0.1, 0.15) is 18.7 Å². The number of nitrogens with one attached hydrogen (secondary N) is 1. The molecule has 0 saturated carbocycles. The van der Waals surface area contributed by atoms with Crippen molar-refractivity contribution in [1.29, 1.82) is 0 Å². The summed E-state index contributed by atoms with van der Waals surface area (Å²) in [5.74, 6) is -0.528. The fourth-order valence-electron chi connectivity index (χ4n) is 2.14. The highest BCUT2D eigenvalue weighted by atomic mass is 79.9. The molecule has 130 valence electrons. The molecular formula is C15H13BrClFN6O. The Morgan fingerprint density at radius 1 is 1.36 bits per heavy atom. The lowest BCUT2D eigenvalue weighted by Crippen LogP contribution is -2.20. The van der Waals surface area contributed by atoms with E-state index in [-0.39, 0.29) is 18.4 Å². The van der Waals surface area contributed by atoms with Crippen LogP contribution >= 0.6 is 27.5 Å². The predicted molar refractivity (Wildman–Crippen MR) is 93.8 cm³/mol. The molecule has 3 rings (SSSR count). The van der Waals surface area contributed by atoms with Gasteiger partial charge in [-0.05, 0) is 40.5 Å². The van der Waals surface area contributed by atoms with E-state index in [1.807, 2.05) is 6.92 Å².